The molecule has 1 N–H and O–H groups in total. The van der Waals surface area contributed by atoms with Crippen molar-refractivity contribution in [2.24, 2.45) is 0 Å². The van der Waals surface area contributed by atoms with Crippen LogP contribution in [0.2, 0.25) is 0 Å². The van der Waals surface area contributed by atoms with Gasteiger partial charge in [-0.1, -0.05) is 18.2 Å². The van der Waals surface area contributed by atoms with Crippen LogP contribution >= 0.6 is 0 Å². The van der Waals surface area contributed by atoms with Crippen LogP contribution in [0.15, 0.2) is 30.5 Å². The Balaban J connectivity index is 1.53. The number of likely N-dealkylation sites (N-methyl/N-ethyl adjacent to an activating group) is 1. The molecule has 1 unspecified atom stereocenters. The van der Waals surface area contributed by atoms with Gasteiger partial charge in [0.2, 0.25) is 5.82 Å². The van der Waals surface area contributed by atoms with E-state index < -0.39 is 29.7 Å². The topological polar surface area (TPSA) is 93.0 Å². The van der Waals surface area contributed by atoms with Crippen LogP contribution in [-0.2, 0) is 17.5 Å². The van der Waals surface area contributed by atoms with Gasteiger partial charge in [0.05, 0.1) is 5.69 Å². The van der Waals surface area contributed by atoms with Gasteiger partial charge in [-0.25, -0.2) is 14.6 Å². The van der Waals surface area contributed by atoms with Crippen LogP contribution in [0.4, 0.5) is 19.0 Å². The molecule has 32 heavy (non-hydrogen) atoms. The maximum absolute atomic E-state index is 13.0. The van der Waals surface area contributed by atoms with E-state index in [1.54, 1.807) is 6.20 Å². The molecule has 1 atom stereocenters. The predicted molar refractivity (Wildman–Crippen MR) is 110 cm³/mol. The number of fused-ring (bicyclic) bond motifs is 1. The molecule has 3 heterocycles. The first-order chi connectivity index (χ1) is 15.1. The highest BCUT2D eigenvalue weighted by Gasteiger charge is 2.38. The molecule has 2 aliphatic rings. The molecule has 11 heteroatoms. The van der Waals surface area contributed by atoms with Gasteiger partial charge in [0.1, 0.15) is 11.9 Å². The van der Waals surface area contributed by atoms with Gasteiger partial charge in [0.25, 0.3) is 11.8 Å². The van der Waals surface area contributed by atoms with Gasteiger partial charge in [0, 0.05) is 25.9 Å². The summed E-state index contributed by atoms with van der Waals surface area (Å²) in [4.78, 5) is 35.2. The number of rotatable bonds is 3. The van der Waals surface area contributed by atoms with Crippen molar-refractivity contribution in [3.05, 3.63) is 53.3 Å². The average Bonchev–Trinajstić information content (AvgIpc) is 3.17. The second-order valence-corrected chi connectivity index (χ2v) is 7.69. The molecule has 4 rings (SSSR count). The van der Waals surface area contributed by atoms with E-state index in [1.165, 1.54) is 7.05 Å². The van der Waals surface area contributed by atoms with Crippen molar-refractivity contribution in [3.8, 4) is 0 Å². The van der Waals surface area contributed by atoms with Crippen LogP contribution in [0.25, 0.3) is 5.57 Å². The third kappa shape index (κ3) is 4.14. The number of halogens is 3. The van der Waals surface area contributed by atoms with E-state index in [1.807, 2.05) is 25.2 Å². The number of hydrogen-bond donors (Lipinski definition) is 1. The number of aromatic nitrogens is 4. The van der Waals surface area contributed by atoms with Crippen LogP contribution in [0.5, 0.6) is 0 Å². The number of hydrogen-bond acceptors (Lipinski definition) is 5. The van der Waals surface area contributed by atoms with Crippen molar-refractivity contribution in [3.63, 3.8) is 0 Å². The minimum Gasteiger partial charge on any atom is -0.337 e. The molecule has 2 aromatic heterocycles. The minimum atomic E-state index is -4.61. The van der Waals surface area contributed by atoms with Crippen molar-refractivity contribution >= 4 is 23.2 Å². The van der Waals surface area contributed by atoms with E-state index in [0.29, 0.717) is 5.69 Å². The quantitative estimate of drug-likeness (QED) is 0.783. The third-order valence-electron chi connectivity index (χ3n) is 5.40. The van der Waals surface area contributed by atoms with Crippen molar-refractivity contribution in [1.82, 2.24) is 25.1 Å². The fourth-order valence-corrected chi connectivity index (χ4v) is 3.69. The van der Waals surface area contributed by atoms with E-state index in [-0.39, 0.29) is 24.6 Å². The molecule has 168 valence electrons. The first kappa shape index (κ1) is 21.7. The Labute approximate surface area is 181 Å². The van der Waals surface area contributed by atoms with Crippen molar-refractivity contribution in [2.75, 3.05) is 11.9 Å². The van der Waals surface area contributed by atoms with Gasteiger partial charge in [0.15, 0.2) is 5.69 Å². The number of carbonyl (C=O) groups is 2. The predicted octanol–water partition coefficient (Wildman–Crippen LogP) is 2.90. The van der Waals surface area contributed by atoms with Crippen LogP contribution in [0, 0.1) is 6.92 Å². The number of allylic oxidation sites excluding steroid dienone is 4. The SMILES string of the molecule is Cc1cnc(C(=O)NC2CCn3nc(C(F)(F)F)cc3N(C)C2=O)nc1C1=CCCC=C1. The first-order valence-electron chi connectivity index (χ1n) is 10.1. The molecule has 8 nitrogen and oxygen atoms in total. The highest BCUT2D eigenvalue weighted by molar-refractivity contribution is 6.01. The summed E-state index contributed by atoms with van der Waals surface area (Å²) in [5.74, 6) is -1.24. The second kappa shape index (κ2) is 8.21. The third-order valence-corrected chi connectivity index (χ3v) is 5.40. The zero-order valence-corrected chi connectivity index (χ0v) is 17.5. The standard InChI is InChI=1S/C21H21F3N6O2/c1-12-11-25-18(27-17(12)13-6-4-3-5-7-13)19(31)26-14-8-9-30-16(29(2)20(14)32)10-15(28-30)21(22,23)24/h4,6-7,10-11,14H,3,5,8-9H2,1-2H3,(H,26,31). The largest absolute Gasteiger partial charge is 0.435 e. The normalized spacial score (nSPS) is 18.8. The lowest BCUT2D eigenvalue weighted by Gasteiger charge is -2.20. The van der Waals surface area contributed by atoms with E-state index in [2.05, 4.69) is 20.4 Å². The highest BCUT2D eigenvalue weighted by atomic mass is 19.4. The minimum absolute atomic E-state index is 0.0176. The average molecular weight is 446 g/mol. The lowest BCUT2D eigenvalue weighted by molar-refractivity contribution is -0.141. The fraction of sp³-hybridized carbons (Fsp3) is 0.381. The van der Waals surface area contributed by atoms with Crippen LogP contribution in [0.1, 0.15) is 46.8 Å². The summed E-state index contributed by atoms with van der Waals surface area (Å²) in [6, 6.07) is -0.131. The molecular formula is C21H21F3N6O2. The molecule has 1 aliphatic carbocycles. The van der Waals surface area contributed by atoms with Crippen LogP contribution in [0.3, 0.4) is 0 Å². The van der Waals surface area contributed by atoms with Gasteiger partial charge in [-0.05, 0) is 37.3 Å². The Bertz CT molecular complexity index is 1140. The molecule has 0 bridgehead atoms. The molecule has 2 amide bonds. The number of nitrogens with zero attached hydrogens (tertiary/aromatic N) is 5. The Kier molecular flexibility index (Phi) is 5.57. The Morgan fingerprint density at radius 1 is 1.28 bits per heavy atom. The molecule has 0 aromatic carbocycles. The van der Waals surface area contributed by atoms with Gasteiger partial charge in [-0.15, -0.1) is 0 Å². The lowest BCUT2D eigenvalue weighted by Crippen LogP contribution is -2.47. The number of amides is 2. The molecule has 0 fully saturated rings. The molecule has 0 spiro atoms. The zero-order chi connectivity index (χ0) is 23.0. The van der Waals surface area contributed by atoms with Crippen LogP contribution in [-0.4, -0.2) is 44.7 Å². The smallest absolute Gasteiger partial charge is 0.337 e. The number of anilines is 1. The lowest BCUT2D eigenvalue weighted by atomic mass is 10.0. The summed E-state index contributed by atoms with van der Waals surface area (Å²) in [5, 5.41) is 6.18. The number of nitrogens with one attached hydrogen (secondary N) is 1. The monoisotopic (exact) mass is 446 g/mol. The Morgan fingerprint density at radius 3 is 2.75 bits per heavy atom. The van der Waals surface area contributed by atoms with E-state index in [9.17, 15) is 22.8 Å². The Morgan fingerprint density at radius 2 is 2.06 bits per heavy atom. The highest BCUT2D eigenvalue weighted by Crippen LogP contribution is 2.32. The summed E-state index contributed by atoms with van der Waals surface area (Å²) in [6.45, 7) is 1.88. The van der Waals surface area contributed by atoms with Gasteiger partial charge >= 0.3 is 6.18 Å². The number of aryl methyl sites for hydroxylation is 2. The number of carbonyl (C=O) groups excluding carboxylic acids is 2. The van der Waals surface area contributed by atoms with E-state index >= 15 is 0 Å². The number of alkyl halides is 3. The van der Waals surface area contributed by atoms with Crippen molar-refractivity contribution in [2.45, 2.75) is 44.9 Å². The van der Waals surface area contributed by atoms with E-state index in [4.69, 9.17) is 0 Å². The van der Waals surface area contributed by atoms with Crippen LogP contribution < -0.4 is 10.2 Å². The fourth-order valence-electron chi connectivity index (χ4n) is 3.69. The molecule has 2 aromatic rings. The maximum atomic E-state index is 13.0. The molecule has 1 aliphatic heterocycles. The maximum Gasteiger partial charge on any atom is 0.435 e. The summed E-state index contributed by atoms with van der Waals surface area (Å²) in [6.07, 6.45) is 4.86. The first-order valence-corrected chi connectivity index (χ1v) is 10.1. The van der Waals surface area contributed by atoms with Gasteiger partial charge in [-0.2, -0.15) is 18.3 Å². The molecule has 0 saturated carbocycles. The summed E-state index contributed by atoms with van der Waals surface area (Å²) in [7, 11) is 1.35. The summed E-state index contributed by atoms with van der Waals surface area (Å²) < 4.78 is 40.0. The van der Waals surface area contributed by atoms with Crippen molar-refractivity contribution in [1.29, 1.82) is 0 Å². The molecule has 0 radical (unpaired) electrons. The molecule has 0 saturated heterocycles. The molecular weight excluding hydrogens is 425 g/mol. The Hall–Kier alpha value is -3.50. The second-order valence-electron chi connectivity index (χ2n) is 7.69. The summed E-state index contributed by atoms with van der Waals surface area (Å²) >= 11 is 0. The van der Waals surface area contributed by atoms with Gasteiger partial charge in [-0.3, -0.25) is 14.5 Å². The van der Waals surface area contributed by atoms with Gasteiger partial charge < -0.3 is 5.32 Å². The summed E-state index contributed by atoms with van der Waals surface area (Å²) in [5.41, 5.74) is 1.29. The van der Waals surface area contributed by atoms with Crippen molar-refractivity contribution < 1.29 is 22.8 Å². The van der Waals surface area contributed by atoms with E-state index in [0.717, 1.165) is 39.6 Å². The zero-order valence-electron chi connectivity index (χ0n) is 17.5.